The van der Waals surface area contributed by atoms with Crippen LogP contribution in [-0.2, 0) is 0 Å². The summed E-state index contributed by atoms with van der Waals surface area (Å²) in [6, 6.07) is 19.1. The van der Waals surface area contributed by atoms with E-state index < -0.39 is 0 Å². The van der Waals surface area contributed by atoms with Crippen LogP contribution < -0.4 is 44.0 Å². The molecule has 0 saturated heterocycles. The summed E-state index contributed by atoms with van der Waals surface area (Å²) in [4.78, 5) is 25.1. The molecule has 0 aliphatic carbocycles. The fourth-order valence-corrected chi connectivity index (χ4v) is 5.30. The van der Waals surface area contributed by atoms with Crippen molar-refractivity contribution < 1.29 is 52.2 Å². The molecule has 2 N–H and O–H groups in total. The average molecular weight is 701 g/mol. The summed E-state index contributed by atoms with van der Waals surface area (Å²) >= 11 is 0. The molecule has 6 rings (SSSR count). The molecule has 51 heavy (non-hydrogen) atoms. The van der Waals surface area contributed by atoms with Gasteiger partial charge in [-0.2, -0.15) is 0 Å². The Bertz CT molecular complexity index is 2290. The van der Waals surface area contributed by atoms with E-state index in [-0.39, 0.29) is 46.5 Å². The zero-order valence-electron chi connectivity index (χ0n) is 28.7. The number of aliphatic hydroxyl groups excluding tert-OH is 1. The third-order valence-corrected chi connectivity index (χ3v) is 7.68. The molecule has 0 aliphatic rings. The minimum absolute atomic E-state index is 0.0491. The Morgan fingerprint density at radius 3 is 1.43 bits per heavy atom. The summed E-state index contributed by atoms with van der Waals surface area (Å²) in [7, 11) is 9.05. The number of ether oxygens (including phenoxy) is 7. The number of aromatic hydroxyl groups is 1. The van der Waals surface area contributed by atoms with Crippen LogP contribution in [0.3, 0.4) is 0 Å². The van der Waals surface area contributed by atoms with Crippen molar-refractivity contribution in [3.63, 3.8) is 0 Å². The minimum atomic E-state index is -0.266. The van der Waals surface area contributed by atoms with Crippen LogP contribution in [-0.4, -0.2) is 66.1 Å². The van der Waals surface area contributed by atoms with E-state index in [4.69, 9.17) is 47.1 Å². The van der Waals surface area contributed by atoms with Gasteiger partial charge in [-0.3, -0.25) is 9.59 Å². The summed E-state index contributed by atoms with van der Waals surface area (Å²) in [5, 5.41) is 19.3. The van der Waals surface area contributed by atoms with Crippen molar-refractivity contribution in [1.29, 1.82) is 0 Å². The van der Waals surface area contributed by atoms with E-state index in [0.717, 1.165) is 0 Å². The van der Waals surface area contributed by atoms with Crippen molar-refractivity contribution in [2.75, 3.05) is 55.9 Å². The molecule has 266 valence electrons. The largest absolute Gasteiger partial charge is 0.508 e. The fraction of sp³-hybridized carbons (Fsp3) is 0.211. The van der Waals surface area contributed by atoms with E-state index in [2.05, 4.69) is 0 Å². The lowest BCUT2D eigenvalue weighted by atomic mass is 10.1. The predicted molar refractivity (Wildman–Crippen MR) is 189 cm³/mol. The van der Waals surface area contributed by atoms with Crippen molar-refractivity contribution in [3.8, 4) is 68.6 Å². The molecule has 0 spiro atoms. The van der Waals surface area contributed by atoms with E-state index in [1.165, 1.54) is 52.7 Å². The summed E-state index contributed by atoms with van der Waals surface area (Å²) < 4.78 is 48.6. The van der Waals surface area contributed by atoms with Crippen LogP contribution in [0.15, 0.2) is 91.2 Å². The lowest BCUT2D eigenvalue weighted by Gasteiger charge is -2.12. The molecule has 0 fully saturated rings. The Labute approximate surface area is 291 Å². The van der Waals surface area contributed by atoms with Crippen LogP contribution in [0, 0.1) is 0 Å². The first kappa shape index (κ1) is 36.0. The van der Waals surface area contributed by atoms with Crippen LogP contribution in [0.1, 0.15) is 0 Å². The summed E-state index contributed by atoms with van der Waals surface area (Å²) in [5.74, 6) is 3.89. The summed E-state index contributed by atoms with van der Waals surface area (Å²) in [5.41, 5.74) is 1.36. The Hall–Kier alpha value is -6.34. The van der Waals surface area contributed by atoms with E-state index in [0.29, 0.717) is 68.1 Å². The summed E-state index contributed by atoms with van der Waals surface area (Å²) in [6.07, 6.45) is 0. The van der Waals surface area contributed by atoms with Gasteiger partial charge in [-0.1, -0.05) is 0 Å². The van der Waals surface area contributed by atoms with Crippen molar-refractivity contribution >= 4 is 21.9 Å². The molecule has 0 unspecified atom stereocenters. The second kappa shape index (κ2) is 15.9. The van der Waals surface area contributed by atoms with Crippen molar-refractivity contribution in [2.45, 2.75) is 0 Å². The van der Waals surface area contributed by atoms with Gasteiger partial charge in [-0.15, -0.1) is 0 Å². The van der Waals surface area contributed by atoms with Crippen molar-refractivity contribution in [2.24, 2.45) is 0 Å². The average Bonchev–Trinajstić information content (AvgIpc) is 3.15. The highest BCUT2D eigenvalue weighted by atomic mass is 16.5. The van der Waals surface area contributed by atoms with Crippen molar-refractivity contribution in [3.05, 3.63) is 93.2 Å². The maximum absolute atomic E-state index is 12.7. The van der Waals surface area contributed by atoms with Gasteiger partial charge in [0.2, 0.25) is 0 Å². The van der Waals surface area contributed by atoms with Crippen LogP contribution >= 0.6 is 0 Å². The number of methoxy groups -OCH3 is 6. The molecule has 0 atom stereocenters. The van der Waals surface area contributed by atoms with Gasteiger partial charge >= 0.3 is 0 Å². The van der Waals surface area contributed by atoms with Crippen LogP contribution in [0.5, 0.6) is 46.0 Å². The second-order valence-corrected chi connectivity index (χ2v) is 10.7. The fourth-order valence-electron chi connectivity index (χ4n) is 5.30. The molecule has 0 amide bonds. The monoisotopic (exact) mass is 700 g/mol. The molecule has 0 aliphatic heterocycles. The number of rotatable bonds is 11. The Morgan fingerprint density at radius 1 is 0.529 bits per heavy atom. The first-order chi connectivity index (χ1) is 24.7. The molecule has 0 radical (unpaired) electrons. The number of hydrogen-bond donors (Lipinski definition) is 2. The molecule has 13 nitrogen and oxygen atoms in total. The van der Waals surface area contributed by atoms with E-state index in [1.807, 2.05) is 0 Å². The van der Waals surface area contributed by atoms with E-state index >= 15 is 0 Å². The van der Waals surface area contributed by atoms with Gasteiger partial charge in [0.1, 0.15) is 63.1 Å². The third-order valence-electron chi connectivity index (χ3n) is 7.68. The molecule has 2 aromatic heterocycles. The van der Waals surface area contributed by atoms with Gasteiger partial charge in [-0.25, -0.2) is 0 Å². The lowest BCUT2D eigenvalue weighted by molar-refractivity contribution is 0.201. The van der Waals surface area contributed by atoms with Crippen LogP contribution in [0.2, 0.25) is 0 Å². The zero-order chi connectivity index (χ0) is 36.7. The van der Waals surface area contributed by atoms with E-state index in [9.17, 15) is 14.7 Å². The van der Waals surface area contributed by atoms with Gasteiger partial charge in [0.05, 0.1) is 49.3 Å². The quantitative estimate of drug-likeness (QED) is 0.161. The smallest absolute Gasteiger partial charge is 0.197 e. The topological polar surface area (TPSA) is 165 Å². The van der Waals surface area contributed by atoms with Crippen LogP contribution in [0.25, 0.3) is 44.6 Å². The number of phenolic OH excluding ortho intramolecular Hbond substituents is 1. The number of phenols is 1. The maximum Gasteiger partial charge on any atom is 0.197 e. The Balaban J connectivity index is 0.000000199. The molecule has 13 heteroatoms. The molecule has 2 heterocycles. The third kappa shape index (κ3) is 7.63. The molecular weight excluding hydrogens is 664 g/mol. The van der Waals surface area contributed by atoms with Gasteiger partial charge in [0.15, 0.2) is 33.9 Å². The molecular formula is C38H36O13. The number of hydrogen-bond acceptors (Lipinski definition) is 13. The molecule has 4 aromatic carbocycles. The summed E-state index contributed by atoms with van der Waals surface area (Å²) in [6.45, 7) is -0.00968. The normalized spacial score (nSPS) is 10.6. The standard InChI is InChI=1S/C20H20O7.C18H16O6/c1-23-15-5-4-12(8-17(15)24-2)16-11-14(22)20-18(25-3)9-13(26-7-6-21)10-19(20)27-16;1-21-13-5-4-10(6-15(13)22-2)14-9-12(20)18-16(23-3)7-11(19)8-17(18)24-14/h4-5,8-11,21H,6-7H2,1-3H3;4-9,19H,1-3H3. The highest BCUT2D eigenvalue weighted by Crippen LogP contribution is 2.37. The predicted octanol–water partition coefficient (Wildman–Crippen LogP) is 6.05. The van der Waals surface area contributed by atoms with Gasteiger partial charge in [-0.05, 0) is 36.4 Å². The zero-order valence-corrected chi connectivity index (χ0v) is 28.7. The first-order valence-corrected chi connectivity index (χ1v) is 15.4. The number of benzene rings is 4. The highest BCUT2D eigenvalue weighted by Gasteiger charge is 2.17. The van der Waals surface area contributed by atoms with E-state index in [1.54, 1.807) is 62.8 Å². The number of aliphatic hydroxyl groups is 1. The highest BCUT2D eigenvalue weighted by molar-refractivity contribution is 5.87. The molecule has 0 bridgehead atoms. The Kier molecular flexibility index (Phi) is 11.2. The second-order valence-electron chi connectivity index (χ2n) is 10.7. The van der Waals surface area contributed by atoms with Crippen LogP contribution in [0.4, 0.5) is 0 Å². The van der Waals surface area contributed by atoms with Gasteiger partial charge < -0.3 is 52.2 Å². The van der Waals surface area contributed by atoms with Gasteiger partial charge in [0.25, 0.3) is 0 Å². The first-order valence-electron chi connectivity index (χ1n) is 15.4. The SMILES string of the molecule is COc1ccc(-c2cc(=O)c3c(OC)cc(O)cc3o2)cc1OC.COc1ccc(-c2cc(=O)c3c(OC)cc(OCCO)cc3o2)cc1OC. The molecule has 6 aromatic rings. The maximum atomic E-state index is 12.7. The Morgan fingerprint density at radius 2 is 0.980 bits per heavy atom. The van der Waals surface area contributed by atoms with Crippen molar-refractivity contribution in [1.82, 2.24) is 0 Å². The molecule has 0 saturated carbocycles. The minimum Gasteiger partial charge on any atom is -0.508 e. The lowest BCUT2D eigenvalue weighted by Crippen LogP contribution is -2.05. The number of fused-ring (bicyclic) bond motifs is 2. The van der Waals surface area contributed by atoms with Gasteiger partial charge in [0, 0.05) is 47.5 Å².